The number of rotatable bonds is 4. The Bertz CT molecular complexity index is 902. The average Bonchev–Trinajstić information content (AvgIpc) is 3.09. The van der Waals surface area contributed by atoms with Gasteiger partial charge in [0, 0.05) is 11.4 Å². The lowest BCUT2D eigenvalue weighted by Gasteiger charge is -2.34. The van der Waals surface area contributed by atoms with Gasteiger partial charge in [0.1, 0.15) is 0 Å². The summed E-state index contributed by atoms with van der Waals surface area (Å²) in [6, 6.07) is 6.52. The van der Waals surface area contributed by atoms with Crippen LogP contribution in [0.3, 0.4) is 0 Å². The van der Waals surface area contributed by atoms with Gasteiger partial charge in [0.25, 0.3) is 0 Å². The van der Waals surface area contributed by atoms with Crippen LogP contribution in [-0.2, 0) is 21.2 Å². The maximum absolute atomic E-state index is 13.3. The fraction of sp³-hybridized carbons (Fsp3) is 0.389. The number of aryl methyl sites for hydroxylation is 1. The van der Waals surface area contributed by atoms with E-state index >= 15 is 0 Å². The van der Waals surface area contributed by atoms with Crippen molar-refractivity contribution < 1.29 is 17.9 Å². The van der Waals surface area contributed by atoms with Crippen molar-refractivity contribution in [2.75, 3.05) is 13.7 Å². The molecule has 0 saturated heterocycles. The minimum Gasteiger partial charge on any atom is -0.465 e. The Hall–Kier alpha value is -1.70. The van der Waals surface area contributed by atoms with E-state index in [0.29, 0.717) is 18.5 Å². The van der Waals surface area contributed by atoms with Crippen LogP contribution in [-0.4, -0.2) is 32.3 Å². The molecule has 1 unspecified atom stereocenters. The summed E-state index contributed by atoms with van der Waals surface area (Å²) >= 11 is 1.68. The van der Waals surface area contributed by atoms with Crippen molar-refractivity contribution in [1.29, 1.82) is 0 Å². The third-order valence-electron chi connectivity index (χ3n) is 4.63. The standard InChI is InChI=1S/C18H21NO4S2/c1-4-15-14-8-10-24-16(14)7-9-19(15)25(21,22)17-11-13(18(20)23-3)6-5-12(17)2/h5-6,8,10-11,15H,4,7,9H2,1-3H3. The van der Waals surface area contributed by atoms with Crippen LogP contribution >= 0.6 is 11.3 Å². The van der Waals surface area contributed by atoms with Gasteiger partial charge in [0.15, 0.2) is 0 Å². The minimum atomic E-state index is -3.71. The molecule has 1 aromatic carbocycles. The van der Waals surface area contributed by atoms with E-state index < -0.39 is 16.0 Å². The first-order valence-electron chi connectivity index (χ1n) is 8.17. The van der Waals surface area contributed by atoms with Crippen LogP contribution in [0.15, 0.2) is 34.5 Å². The van der Waals surface area contributed by atoms with Gasteiger partial charge in [-0.2, -0.15) is 4.31 Å². The molecule has 1 aliphatic rings. The second-order valence-corrected chi connectivity index (χ2v) is 8.92. The highest BCUT2D eigenvalue weighted by atomic mass is 32.2. The monoisotopic (exact) mass is 379 g/mol. The molecule has 2 aromatic rings. The number of benzene rings is 1. The molecule has 0 spiro atoms. The third kappa shape index (κ3) is 3.12. The van der Waals surface area contributed by atoms with Gasteiger partial charge in [-0.25, -0.2) is 13.2 Å². The van der Waals surface area contributed by atoms with Crippen LogP contribution in [0.5, 0.6) is 0 Å². The molecule has 0 fully saturated rings. The molecule has 1 aromatic heterocycles. The van der Waals surface area contributed by atoms with E-state index in [-0.39, 0.29) is 16.5 Å². The molecule has 0 amide bonds. The molecular weight excluding hydrogens is 358 g/mol. The lowest BCUT2D eigenvalue weighted by molar-refractivity contribution is 0.0600. The molecule has 0 radical (unpaired) electrons. The summed E-state index contributed by atoms with van der Waals surface area (Å²) in [5.41, 5.74) is 1.97. The summed E-state index contributed by atoms with van der Waals surface area (Å²) in [6.07, 6.45) is 1.43. The Morgan fingerprint density at radius 2 is 2.12 bits per heavy atom. The maximum atomic E-state index is 13.3. The van der Waals surface area contributed by atoms with Crippen LogP contribution < -0.4 is 0 Å². The Morgan fingerprint density at radius 3 is 2.80 bits per heavy atom. The summed E-state index contributed by atoms with van der Waals surface area (Å²) in [5.74, 6) is -0.540. The SMILES string of the molecule is CCC1c2ccsc2CCN1S(=O)(=O)c1cc(C(=O)OC)ccc1C. The highest BCUT2D eigenvalue weighted by Crippen LogP contribution is 2.39. The lowest BCUT2D eigenvalue weighted by atomic mass is 10.0. The molecule has 0 aliphatic carbocycles. The maximum Gasteiger partial charge on any atom is 0.337 e. The zero-order valence-corrected chi connectivity index (χ0v) is 16.1. The second-order valence-electron chi connectivity index (χ2n) is 6.06. The first-order valence-corrected chi connectivity index (χ1v) is 10.5. The molecule has 25 heavy (non-hydrogen) atoms. The number of hydrogen-bond acceptors (Lipinski definition) is 5. The van der Waals surface area contributed by atoms with Crippen LogP contribution in [0.1, 0.15) is 45.7 Å². The largest absolute Gasteiger partial charge is 0.465 e. The molecule has 1 atom stereocenters. The lowest BCUT2D eigenvalue weighted by Crippen LogP contribution is -2.39. The van der Waals surface area contributed by atoms with Crippen molar-refractivity contribution in [3.63, 3.8) is 0 Å². The number of thiophene rings is 1. The Morgan fingerprint density at radius 1 is 1.36 bits per heavy atom. The number of carbonyl (C=O) groups is 1. The van der Waals surface area contributed by atoms with E-state index in [1.54, 1.807) is 34.7 Å². The smallest absolute Gasteiger partial charge is 0.337 e. The Kier molecular flexibility index (Phi) is 4.99. The fourth-order valence-corrected chi connectivity index (χ4v) is 6.19. The van der Waals surface area contributed by atoms with Gasteiger partial charge >= 0.3 is 5.97 Å². The van der Waals surface area contributed by atoms with E-state index in [4.69, 9.17) is 4.74 Å². The number of ether oxygens (including phenoxy) is 1. The molecule has 7 heteroatoms. The number of esters is 1. The number of methoxy groups -OCH3 is 1. The molecule has 0 bridgehead atoms. The van der Waals surface area contributed by atoms with Gasteiger partial charge in [-0.15, -0.1) is 11.3 Å². The Labute approximate surface area is 152 Å². The van der Waals surface area contributed by atoms with Crippen molar-refractivity contribution in [1.82, 2.24) is 4.31 Å². The molecule has 134 valence electrons. The highest BCUT2D eigenvalue weighted by molar-refractivity contribution is 7.89. The predicted molar refractivity (Wildman–Crippen MR) is 97.5 cm³/mol. The molecular formula is C18H21NO4S2. The molecule has 5 nitrogen and oxygen atoms in total. The minimum absolute atomic E-state index is 0.166. The zero-order chi connectivity index (χ0) is 18.2. The molecule has 1 aliphatic heterocycles. The summed E-state index contributed by atoms with van der Waals surface area (Å²) in [6.45, 7) is 4.20. The first kappa shape index (κ1) is 18.1. The van der Waals surface area contributed by atoms with E-state index in [1.165, 1.54) is 18.1 Å². The quantitative estimate of drug-likeness (QED) is 0.762. The predicted octanol–water partition coefficient (Wildman–Crippen LogP) is 3.54. The normalized spacial score (nSPS) is 18.0. The van der Waals surface area contributed by atoms with Crippen LogP contribution in [0.25, 0.3) is 0 Å². The van der Waals surface area contributed by atoms with E-state index in [9.17, 15) is 13.2 Å². The van der Waals surface area contributed by atoms with Crippen LogP contribution in [0, 0.1) is 6.92 Å². The van der Waals surface area contributed by atoms with Gasteiger partial charge < -0.3 is 4.74 Å². The van der Waals surface area contributed by atoms with Crippen molar-refractivity contribution in [2.45, 2.75) is 37.6 Å². The summed E-state index contributed by atoms with van der Waals surface area (Å²) < 4.78 is 33.0. The summed E-state index contributed by atoms with van der Waals surface area (Å²) in [7, 11) is -2.42. The number of hydrogen-bond donors (Lipinski definition) is 0. The van der Waals surface area contributed by atoms with Gasteiger partial charge in [-0.1, -0.05) is 13.0 Å². The van der Waals surface area contributed by atoms with Gasteiger partial charge in [-0.05, 0) is 54.5 Å². The van der Waals surface area contributed by atoms with E-state index in [2.05, 4.69) is 0 Å². The molecule has 0 saturated carbocycles. The summed E-state index contributed by atoms with van der Waals surface area (Å²) in [4.78, 5) is 13.2. The molecule has 2 heterocycles. The average molecular weight is 380 g/mol. The zero-order valence-electron chi connectivity index (χ0n) is 14.5. The highest BCUT2D eigenvalue weighted by Gasteiger charge is 2.36. The molecule has 3 rings (SSSR count). The van der Waals surface area contributed by atoms with Crippen LogP contribution in [0.4, 0.5) is 0 Å². The number of sulfonamides is 1. The topological polar surface area (TPSA) is 63.7 Å². The number of fused-ring (bicyclic) bond motifs is 1. The second kappa shape index (κ2) is 6.90. The third-order valence-corrected chi connectivity index (χ3v) is 7.67. The summed E-state index contributed by atoms with van der Waals surface area (Å²) in [5, 5.41) is 2.02. The van der Waals surface area contributed by atoms with E-state index in [1.807, 2.05) is 18.4 Å². The molecule has 0 N–H and O–H groups in total. The van der Waals surface area contributed by atoms with Gasteiger partial charge in [-0.3, -0.25) is 0 Å². The van der Waals surface area contributed by atoms with Crippen LogP contribution in [0.2, 0.25) is 0 Å². The van der Waals surface area contributed by atoms with Crippen molar-refractivity contribution in [3.05, 3.63) is 51.2 Å². The van der Waals surface area contributed by atoms with Gasteiger partial charge in [0.2, 0.25) is 10.0 Å². The van der Waals surface area contributed by atoms with Crippen molar-refractivity contribution in [3.8, 4) is 0 Å². The van der Waals surface area contributed by atoms with Crippen molar-refractivity contribution in [2.24, 2.45) is 0 Å². The number of nitrogens with zero attached hydrogens (tertiary/aromatic N) is 1. The fourth-order valence-electron chi connectivity index (χ4n) is 3.33. The van der Waals surface area contributed by atoms with Crippen molar-refractivity contribution >= 4 is 27.3 Å². The first-order chi connectivity index (χ1) is 11.9. The van der Waals surface area contributed by atoms with E-state index in [0.717, 1.165) is 12.0 Å². The Balaban J connectivity index is 2.06. The number of carbonyl (C=O) groups excluding carboxylic acids is 1. The van der Waals surface area contributed by atoms with Gasteiger partial charge in [0.05, 0.1) is 23.6 Å².